The predicted molar refractivity (Wildman–Crippen MR) is 74.3 cm³/mol. The summed E-state index contributed by atoms with van der Waals surface area (Å²) < 4.78 is 2.56. The van der Waals surface area contributed by atoms with Crippen molar-refractivity contribution in [1.82, 2.24) is 19.7 Å². The summed E-state index contributed by atoms with van der Waals surface area (Å²) in [7, 11) is 1.61. The molecule has 0 radical (unpaired) electrons. The number of benzene rings is 1. The molecule has 2 amide bonds. The van der Waals surface area contributed by atoms with E-state index in [2.05, 4.69) is 10.4 Å². The molecule has 2 aromatic rings. The zero-order valence-corrected chi connectivity index (χ0v) is 11.4. The molecule has 108 valence electrons. The number of nitrogens with zero attached hydrogens (tertiary/aromatic N) is 3. The molecule has 7 heteroatoms. The molecule has 1 aromatic heterocycles. The molecule has 1 saturated heterocycles. The molecule has 1 N–H and O–H groups in total. The lowest BCUT2D eigenvalue weighted by atomic mass is 10.1. The summed E-state index contributed by atoms with van der Waals surface area (Å²) >= 11 is 0. The Balaban J connectivity index is 2.04. The van der Waals surface area contributed by atoms with Crippen LogP contribution in [0.3, 0.4) is 0 Å². The van der Waals surface area contributed by atoms with Gasteiger partial charge >= 0.3 is 5.69 Å². The van der Waals surface area contributed by atoms with Gasteiger partial charge in [0.2, 0.25) is 5.91 Å². The van der Waals surface area contributed by atoms with Gasteiger partial charge in [-0.25, -0.2) is 9.48 Å². The van der Waals surface area contributed by atoms with Gasteiger partial charge in [0.05, 0.1) is 0 Å². The van der Waals surface area contributed by atoms with Crippen LogP contribution in [-0.4, -0.2) is 26.2 Å². The Morgan fingerprint density at radius 1 is 1.19 bits per heavy atom. The molecule has 7 nitrogen and oxygen atoms in total. The summed E-state index contributed by atoms with van der Waals surface area (Å²) in [4.78, 5) is 35.3. The van der Waals surface area contributed by atoms with Crippen LogP contribution in [0.4, 0.5) is 0 Å². The SMILES string of the molecule is Cn1c(-c2ccccc2)nn(C2CCC(=O)NC2=O)c1=O. The fourth-order valence-electron chi connectivity index (χ4n) is 2.41. The molecule has 0 aliphatic carbocycles. The molecule has 0 spiro atoms. The summed E-state index contributed by atoms with van der Waals surface area (Å²) in [6.45, 7) is 0. The van der Waals surface area contributed by atoms with Crippen LogP contribution in [0.1, 0.15) is 18.9 Å². The molecule has 3 rings (SSSR count). The van der Waals surface area contributed by atoms with Crippen LogP contribution in [0.5, 0.6) is 0 Å². The zero-order chi connectivity index (χ0) is 15.0. The van der Waals surface area contributed by atoms with Crippen LogP contribution in [0.15, 0.2) is 35.1 Å². The molecule has 1 aliphatic heterocycles. The molecule has 0 bridgehead atoms. The number of piperidine rings is 1. The first-order valence-corrected chi connectivity index (χ1v) is 6.62. The molecule has 1 fully saturated rings. The highest BCUT2D eigenvalue weighted by molar-refractivity contribution is 5.99. The highest BCUT2D eigenvalue weighted by Gasteiger charge is 2.31. The molecule has 1 aliphatic rings. The van der Waals surface area contributed by atoms with Crippen molar-refractivity contribution in [3.8, 4) is 11.4 Å². The van der Waals surface area contributed by atoms with E-state index in [4.69, 9.17) is 0 Å². The highest BCUT2D eigenvalue weighted by atomic mass is 16.2. The van der Waals surface area contributed by atoms with Gasteiger partial charge in [0.15, 0.2) is 5.82 Å². The van der Waals surface area contributed by atoms with Crippen molar-refractivity contribution in [1.29, 1.82) is 0 Å². The van der Waals surface area contributed by atoms with Gasteiger partial charge in [0.1, 0.15) is 6.04 Å². The Kier molecular flexibility index (Phi) is 3.17. The van der Waals surface area contributed by atoms with Gasteiger partial charge < -0.3 is 0 Å². The number of hydrogen-bond acceptors (Lipinski definition) is 4. The van der Waals surface area contributed by atoms with E-state index in [1.54, 1.807) is 7.05 Å². The average Bonchev–Trinajstić information content (AvgIpc) is 2.77. The topological polar surface area (TPSA) is 86.0 Å². The summed E-state index contributed by atoms with van der Waals surface area (Å²) in [5.41, 5.74) is 0.423. The van der Waals surface area contributed by atoms with Crippen LogP contribution in [-0.2, 0) is 16.6 Å². The third kappa shape index (κ3) is 2.26. The molecule has 21 heavy (non-hydrogen) atoms. The van der Waals surface area contributed by atoms with Crippen molar-refractivity contribution < 1.29 is 9.59 Å². The normalized spacial score (nSPS) is 18.6. The first-order valence-electron chi connectivity index (χ1n) is 6.62. The molecular formula is C14H14N4O3. The Morgan fingerprint density at radius 2 is 1.90 bits per heavy atom. The monoisotopic (exact) mass is 286 g/mol. The van der Waals surface area contributed by atoms with Gasteiger partial charge in [-0.05, 0) is 6.42 Å². The van der Waals surface area contributed by atoms with Gasteiger partial charge in [-0.1, -0.05) is 30.3 Å². The Bertz CT molecular complexity index is 760. The first-order chi connectivity index (χ1) is 10.1. The van der Waals surface area contributed by atoms with Crippen molar-refractivity contribution in [2.24, 2.45) is 7.05 Å². The minimum absolute atomic E-state index is 0.208. The number of nitrogens with one attached hydrogen (secondary N) is 1. The second-order valence-corrected chi connectivity index (χ2v) is 4.94. The fraction of sp³-hybridized carbons (Fsp3) is 0.286. The van der Waals surface area contributed by atoms with E-state index in [0.29, 0.717) is 5.82 Å². The van der Waals surface area contributed by atoms with Gasteiger partial charge in [0, 0.05) is 19.0 Å². The molecular weight excluding hydrogens is 272 g/mol. The second-order valence-electron chi connectivity index (χ2n) is 4.94. The summed E-state index contributed by atoms with van der Waals surface area (Å²) in [6, 6.07) is 8.53. The van der Waals surface area contributed by atoms with Crippen LogP contribution >= 0.6 is 0 Å². The number of carbonyl (C=O) groups is 2. The highest BCUT2D eigenvalue weighted by Crippen LogP contribution is 2.19. The second kappa shape index (κ2) is 5.01. The molecule has 1 atom stereocenters. The maximum atomic E-state index is 12.3. The lowest BCUT2D eigenvalue weighted by molar-refractivity contribution is -0.136. The standard InChI is InChI=1S/C14H14N4O3/c1-17-12(9-5-3-2-4-6-9)16-18(14(17)21)10-7-8-11(19)15-13(10)20/h2-6,10H,7-8H2,1H3,(H,15,19,20). The van der Waals surface area contributed by atoms with E-state index in [9.17, 15) is 14.4 Å². The Labute approximate surface area is 120 Å². The molecule has 0 saturated carbocycles. The maximum Gasteiger partial charge on any atom is 0.346 e. The Morgan fingerprint density at radius 3 is 2.57 bits per heavy atom. The maximum absolute atomic E-state index is 12.3. The molecule has 2 heterocycles. The van der Waals surface area contributed by atoms with Gasteiger partial charge in [-0.2, -0.15) is 0 Å². The smallest absolute Gasteiger partial charge is 0.295 e. The van der Waals surface area contributed by atoms with Gasteiger partial charge in [0.25, 0.3) is 5.91 Å². The van der Waals surface area contributed by atoms with E-state index in [1.165, 1.54) is 4.57 Å². The summed E-state index contributed by atoms with van der Waals surface area (Å²) in [5, 5.41) is 6.51. The Hall–Kier alpha value is -2.70. The molecule has 1 aromatic carbocycles. The van der Waals surface area contributed by atoms with Crippen molar-refractivity contribution in [3.05, 3.63) is 40.8 Å². The summed E-state index contributed by atoms with van der Waals surface area (Å²) in [5.74, 6) is -0.306. The average molecular weight is 286 g/mol. The van der Waals surface area contributed by atoms with Gasteiger partial charge in [-0.15, -0.1) is 5.10 Å². The van der Waals surface area contributed by atoms with E-state index in [1.807, 2.05) is 30.3 Å². The number of hydrogen-bond donors (Lipinski definition) is 1. The quantitative estimate of drug-likeness (QED) is 0.801. The predicted octanol–water partition coefficient (Wildman–Crippen LogP) is 0.226. The number of rotatable bonds is 2. The minimum atomic E-state index is -0.737. The first kappa shape index (κ1) is 13.3. The van der Waals surface area contributed by atoms with Crippen LogP contribution in [0, 0.1) is 0 Å². The van der Waals surface area contributed by atoms with Crippen LogP contribution in [0.25, 0.3) is 11.4 Å². The number of carbonyl (C=O) groups excluding carboxylic acids is 2. The van der Waals surface area contributed by atoms with Crippen LogP contribution in [0.2, 0.25) is 0 Å². The lowest BCUT2D eigenvalue weighted by Gasteiger charge is -2.19. The van der Waals surface area contributed by atoms with E-state index in [0.717, 1.165) is 10.2 Å². The van der Waals surface area contributed by atoms with Crippen molar-refractivity contribution >= 4 is 11.8 Å². The molecule has 1 unspecified atom stereocenters. The largest absolute Gasteiger partial charge is 0.346 e. The van der Waals surface area contributed by atoms with Gasteiger partial charge in [-0.3, -0.25) is 19.5 Å². The summed E-state index contributed by atoms with van der Waals surface area (Å²) in [6.07, 6.45) is 0.496. The van der Waals surface area contributed by atoms with E-state index < -0.39 is 11.9 Å². The lowest BCUT2D eigenvalue weighted by Crippen LogP contribution is -2.44. The van der Waals surface area contributed by atoms with E-state index in [-0.39, 0.29) is 24.4 Å². The zero-order valence-electron chi connectivity index (χ0n) is 11.4. The number of aromatic nitrogens is 3. The van der Waals surface area contributed by atoms with Crippen molar-refractivity contribution in [3.63, 3.8) is 0 Å². The number of amides is 2. The van der Waals surface area contributed by atoms with Crippen LogP contribution < -0.4 is 11.0 Å². The fourth-order valence-corrected chi connectivity index (χ4v) is 2.41. The van der Waals surface area contributed by atoms with Crippen molar-refractivity contribution in [2.45, 2.75) is 18.9 Å². The third-order valence-corrected chi connectivity index (χ3v) is 3.54. The minimum Gasteiger partial charge on any atom is -0.295 e. The van der Waals surface area contributed by atoms with Crippen molar-refractivity contribution in [2.75, 3.05) is 0 Å². The number of imide groups is 1. The van der Waals surface area contributed by atoms with E-state index >= 15 is 0 Å². The third-order valence-electron chi connectivity index (χ3n) is 3.54.